The largest absolute Gasteiger partial charge is 0.379 e. The molecule has 5 heteroatoms. The number of benzene rings is 1. The van der Waals surface area contributed by atoms with Gasteiger partial charge in [0.25, 0.3) is 0 Å². The first-order valence-electron chi connectivity index (χ1n) is 9.62. The van der Waals surface area contributed by atoms with Crippen LogP contribution in [0.25, 0.3) is 0 Å². The Labute approximate surface area is 151 Å². The van der Waals surface area contributed by atoms with Gasteiger partial charge in [-0.2, -0.15) is 0 Å². The van der Waals surface area contributed by atoms with Gasteiger partial charge in [0.15, 0.2) is 0 Å². The second kappa shape index (κ2) is 8.68. The zero-order valence-electron chi connectivity index (χ0n) is 15.5. The number of morpholine rings is 1. The highest BCUT2D eigenvalue weighted by Crippen LogP contribution is 2.25. The minimum absolute atomic E-state index is 0.0473. The third-order valence-corrected chi connectivity index (χ3v) is 5.29. The number of anilines is 1. The summed E-state index contributed by atoms with van der Waals surface area (Å²) >= 11 is 0. The van der Waals surface area contributed by atoms with E-state index in [1.807, 2.05) is 18.2 Å². The Kier molecular flexibility index (Phi) is 6.32. The topological polar surface area (TPSA) is 44.8 Å². The van der Waals surface area contributed by atoms with E-state index in [-0.39, 0.29) is 6.03 Å². The Bertz CT molecular complexity index is 570. The van der Waals surface area contributed by atoms with Crippen molar-refractivity contribution < 1.29 is 9.53 Å². The zero-order valence-corrected chi connectivity index (χ0v) is 15.5. The fraction of sp³-hybridized carbons (Fsp3) is 0.650. The third kappa shape index (κ3) is 4.73. The number of amides is 2. The van der Waals surface area contributed by atoms with Crippen molar-refractivity contribution in [1.82, 2.24) is 9.80 Å². The third-order valence-electron chi connectivity index (χ3n) is 5.29. The van der Waals surface area contributed by atoms with Gasteiger partial charge in [0, 0.05) is 37.9 Å². The number of para-hydroxylation sites is 1. The lowest BCUT2D eigenvalue weighted by Crippen LogP contribution is -2.52. The Balaban J connectivity index is 1.66. The van der Waals surface area contributed by atoms with E-state index >= 15 is 0 Å². The van der Waals surface area contributed by atoms with Gasteiger partial charge < -0.3 is 15.0 Å². The van der Waals surface area contributed by atoms with E-state index in [1.54, 1.807) is 0 Å². The first-order chi connectivity index (χ1) is 12.1. The van der Waals surface area contributed by atoms with E-state index in [1.165, 1.54) is 12.0 Å². The van der Waals surface area contributed by atoms with Crippen molar-refractivity contribution in [2.45, 2.75) is 45.1 Å². The second-order valence-electron chi connectivity index (χ2n) is 7.43. The number of nitrogens with one attached hydrogen (secondary N) is 1. The molecule has 2 aliphatic heterocycles. The van der Waals surface area contributed by atoms with Crippen LogP contribution in [0.15, 0.2) is 24.3 Å². The maximum atomic E-state index is 13.0. The van der Waals surface area contributed by atoms with Crippen molar-refractivity contribution in [2.75, 3.05) is 44.7 Å². The summed E-state index contributed by atoms with van der Waals surface area (Å²) in [4.78, 5) is 17.5. The standard InChI is InChI=1S/C20H31N3O2/c1-16(2)18-8-3-4-9-19(18)21-20(24)23-10-6-5-7-17(23)15-22-11-13-25-14-12-22/h3-4,8-9,16-17H,5-7,10-15H2,1-2H3,(H,21,24)/t17-/m1/s1. The monoisotopic (exact) mass is 345 g/mol. The van der Waals surface area contributed by atoms with Crippen molar-refractivity contribution in [3.63, 3.8) is 0 Å². The van der Waals surface area contributed by atoms with Gasteiger partial charge in [-0.25, -0.2) is 4.79 Å². The summed E-state index contributed by atoms with van der Waals surface area (Å²) in [7, 11) is 0. The molecule has 138 valence electrons. The molecule has 2 amide bonds. The van der Waals surface area contributed by atoms with Crippen molar-refractivity contribution in [3.8, 4) is 0 Å². The number of carbonyl (C=O) groups is 1. The molecule has 0 saturated carbocycles. The smallest absolute Gasteiger partial charge is 0.322 e. The van der Waals surface area contributed by atoms with E-state index in [0.29, 0.717) is 12.0 Å². The molecule has 1 aromatic carbocycles. The first-order valence-corrected chi connectivity index (χ1v) is 9.62. The van der Waals surface area contributed by atoms with Crippen LogP contribution in [-0.4, -0.2) is 61.3 Å². The Morgan fingerprint density at radius 3 is 2.72 bits per heavy atom. The number of nitrogens with zero attached hydrogens (tertiary/aromatic N) is 2. The van der Waals surface area contributed by atoms with Gasteiger partial charge in [-0.05, 0) is 36.8 Å². The molecule has 1 N–H and O–H groups in total. The second-order valence-corrected chi connectivity index (χ2v) is 7.43. The fourth-order valence-electron chi connectivity index (χ4n) is 3.84. The molecule has 2 fully saturated rings. The molecule has 25 heavy (non-hydrogen) atoms. The van der Waals surface area contributed by atoms with Crippen LogP contribution in [0, 0.1) is 0 Å². The van der Waals surface area contributed by atoms with Gasteiger partial charge in [0.05, 0.1) is 13.2 Å². The lowest BCUT2D eigenvalue weighted by molar-refractivity contribution is 0.0229. The van der Waals surface area contributed by atoms with E-state index in [2.05, 4.69) is 35.0 Å². The van der Waals surface area contributed by atoms with Crippen LogP contribution in [0.2, 0.25) is 0 Å². The lowest BCUT2D eigenvalue weighted by Gasteiger charge is -2.39. The fourth-order valence-corrected chi connectivity index (χ4v) is 3.84. The lowest BCUT2D eigenvalue weighted by atomic mass is 10.0. The highest BCUT2D eigenvalue weighted by molar-refractivity contribution is 5.90. The normalized spacial score (nSPS) is 22.2. The van der Waals surface area contributed by atoms with E-state index in [9.17, 15) is 4.79 Å². The molecular weight excluding hydrogens is 314 g/mol. The van der Waals surface area contributed by atoms with Crippen molar-refractivity contribution in [3.05, 3.63) is 29.8 Å². The number of hydrogen-bond donors (Lipinski definition) is 1. The van der Waals surface area contributed by atoms with E-state index < -0.39 is 0 Å². The zero-order chi connectivity index (χ0) is 17.6. The number of rotatable bonds is 4. The van der Waals surface area contributed by atoms with Crippen molar-refractivity contribution in [1.29, 1.82) is 0 Å². The van der Waals surface area contributed by atoms with Crippen molar-refractivity contribution >= 4 is 11.7 Å². The van der Waals surface area contributed by atoms with Gasteiger partial charge in [-0.15, -0.1) is 0 Å². The van der Waals surface area contributed by atoms with Crippen LogP contribution < -0.4 is 5.32 Å². The molecule has 2 saturated heterocycles. The van der Waals surface area contributed by atoms with E-state index in [0.717, 1.165) is 57.9 Å². The maximum Gasteiger partial charge on any atom is 0.322 e. The summed E-state index contributed by atoms with van der Waals surface area (Å²) in [6, 6.07) is 8.48. The number of likely N-dealkylation sites (tertiary alicyclic amines) is 1. The molecule has 0 radical (unpaired) electrons. The molecule has 0 bridgehead atoms. The van der Waals surface area contributed by atoms with Crippen LogP contribution in [0.3, 0.4) is 0 Å². The molecule has 2 heterocycles. The van der Waals surface area contributed by atoms with Gasteiger partial charge >= 0.3 is 6.03 Å². The first kappa shape index (κ1) is 18.2. The van der Waals surface area contributed by atoms with Crippen LogP contribution in [-0.2, 0) is 4.74 Å². The number of carbonyl (C=O) groups excluding carboxylic acids is 1. The Hall–Kier alpha value is -1.59. The molecule has 0 spiro atoms. The molecule has 0 unspecified atom stereocenters. The quantitative estimate of drug-likeness (QED) is 0.908. The summed E-state index contributed by atoms with van der Waals surface area (Å²) in [5.41, 5.74) is 2.13. The molecule has 3 rings (SSSR count). The van der Waals surface area contributed by atoms with Crippen LogP contribution >= 0.6 is 0 Å². The summed E-state index contributed by atoms with van der Waals surface area (Å²) in [6.45, 7) is 9.69. The Morgan fingerprint density at radius 2 is 1.96 bits per heavy atom. The molecule has 2 aliphatic rings. The summed E-state index contributed by atoms with van der Waals surface area (Å²) in [5.74, 6) is 0.391. The minimum atomic E-state index is 0.0473. The SMILES string of the molecule is CC(C)c1ccccc1NC(=O)N1CCCC[C@@H]1CN1CCOCC1. The number of hydrogen-bond acceptors (Lipinski definition) is 3. The summed E-state index contributed by atoms with van der Waals surface area (Å²) in [6.07, 6.45) is 3.40. The molecular formula is C20H31N3O2. The number of urea groups is 1. The molecule has 0 aromatic heterocycles. The molecule has 5 nitrogen and oxygen atoms in total. The van der Waals surface area contributed by atoms with Crippen LogP contribution in [0.5, 0.6) is 0 Å². The summed E-state index contributed by atoms with van der Waals surface area (Å²) < 4.78 is 5.44. The van der Waals surface area contributed by atoms with Crippen LogP contribution in [0.1, 0.15) is 44.6 Å². The molecule has 1 aromatic rings. The maximum absolute atomic E-state index is 13.0. The highest BCUT2D eigenvalue weighted by atomic mass is 16.5. The molecule has 1 atom stereocenters. The van der Waals surface area contributed by atoms with E-state index in [4.69, 9.17) is 4.74 Å². The Morgan fingerprint density at radius 1 is 1.20 bits per heavy atom. The van der Waals surface area contributed by atoms with Gasteiger partial charge in [0.2, 0.25) is 0 Å². The van der Waals surface area contributed by atoms with Crippen LogP contribution in [0.4, 0.5) is 10.5 Å². The van der Waals surface area contributed by atoms with Gasteiger partial charge in [0.1, 0.15) is 0 Å². The number of piperidine rings is 1. The highest BCUT2D eigenvalue weighted by Gasteiger charge is 2.29. The summed E-state index contributed by atoms with van der Waals surface area (Å²) in [5, 5.41) is 3.17. The average molecular weight is 345 g/mol. The molecule has 0 aliphatic carbocycles. The minimum Gasteiger partial charge on any atom is -0.379 e. The van der Waals surface area contributed by atoms with Crippen molar-refractivity contribution in [2.24, 2.45) is 0 Å². The van der Waals surface area contributed by atoms with Gasteiger partial charge in [-0.1, -0.05) is 32.0 Å². The number of ether oxygens (including phenoxy) is 1. The average Bonchev–Trinajstić information content (AvgIpc) is 2.63. The van der Waals surface area contributed by atoms with Gasteiger partial charge in [-0.3, -0.25) is 4.90 Å². The predicted octanol–water partition coefficient (Wildman–Crippen LogP) is 3.53. The predicted molar refractivity (Wildman–Crippen MR) is 101 cm³/mol.